The van der Waals surface area contributed by atoms with E-state index in [4.69, 9.17) is 0 Å². The van der Waals surface area contributed by atoms with Crippen molar-refractivity contribution in [2.75, 3.05) is 0 Å². The molecule has 0 aliphatic carbocycles. The van der Waals surface area contributed by atoms with Crippen LogP contribution < -0.4 is 0 Å². The third-order valence-corrected chi connectivity index (χ3v) is 3.49. The van der Waals surface area contributed by atoms with Gasteiger partial charge >= 0.3 is 0 Å². The van der Waals surface area contributed by atoms with Crippen molar-refractivity contribution in [3.05, 3.63) is 68.7 Å². The van der Waals surface area contributed by atoms with Crippen molar-refractivity contribution in [3.8, 4) is 0 Å². The van der Waals surface area contributed by atoms with E-state index in [0.29, 0.717) is 5.56 Å². The summed E-state index contributed by atoms with van der Waals surface area (Å²) in [6.07, 6.45) is 0. The highest BCUT2D eigenvalue weighted by Crippen LogP contribution is 2.23. The predicted molar refractivity (Wildman–Crippen MR) is 73.4 cm³/mol. The number of aryl methyl sites for hydroxylation is 2. The van der Waals surface area contributed by atoms with Crippen molar-refractivity contribution in [2.24, 2.45) is 0 Å². The van der Waals surface area contributed by atoms with Crippen molar-refractivity contribution >= 4 is 21.7 Å². The molecule has 0 aliphatic rings. The molecule has 2 rings (SSSR count). The van der Waals surface area contributed by atoms with Gasteiger partial charge in [-0.3, -0.25) is 4.79 Å². The highest BCUT2D eigenvalue weighted by molar-refractivity contribution is 9.10. The summed E-state index contributed by atoms with van der Waals surface area (Å²) < 4.78 is 27.2. The standard InChI is InChI=1S/C15H11BrF2O/c1-8-3-4-10(9(2)5-8)15(19)11-6-14(18)12(16)7-13(11)17/h3-7H,1-2H3. The van der Waals surface area contributed by atoms with Crippen molar-refractivity contribution in [1.82, 2.24) is 0 Å². The fourth-order valence-corrected chi connectivity index (χ4v) is 2.23. The van der Waals surface area contributed by atoms with E-state index in [9.17, 15) is 13.6 Å². The van der Waals surface area contributed by atoms with Gasteiger partial charge in [-0.1, -0.05) is 23.8 Å². The molecule has 2 aromatic rings. The molecular weight excluding hydrogens is 314 g/mol. The molecule has 0 unspecified atom stereocenters. The summed E-state index contributed by atoms with van der Waals surface area (Å²) in [4.78, 5) is 12.2. The van der Waals surface area contributed by atoms with Crippen LogP contribution in [0.4, 0.5) is 8.78 Å². The zero-order chi connectivity index (χ0) is 14.2. The van der Waals surface area contributed by atoms with Crippen molar-refractivity contribution in [3.63, 3.8) is 0 Å². The third-order valence-electron chi connectivity index (χ3n) is 2.88. The van der Waals surface area contributed by atoms with Gasteiger partial charge in [0, 0.05) is 5.56 Å². The van der Waals surface area contributed by atoms with Crippen molar-refractivity contribution < 1.29 is 13.6 Å². The van der Waals surface area contributed by atoms with Crippen LogP contribution in [0.3, 0.4) is 0 Å². The van der Waals surface area contributed by atoms with Gasteiger partial charge in [0.25, 0.3) is 0 Å². The van der Waals surface area contributed by atoms with Crippen LogP contribution >= 0.6 is 15.9 Å². The Bertz CT molecular complexity index is 665. The Labute approximate surface area is 118 Å². The fraction of sp³-hybridized carbons (Fsp3) is 0.133. The van der Waals surface area contributed by atoms with Gasteiger partial charge in [0.1, 0.15) is 11.6 Å². The number of halogens is 3. The van der Waals surface area contributed by atoms with Crippen LogP contribution in [0.5, 0.6) is 0 Å². The summed E-state index contributed by atoms with van der Waals surface area (Å²) >= 11 is 2.88. The third kappa shape index (κ3) is 2.73. The molecule has 0 radical (unpaired) electrons. The summed E-state index contributed by atoms with van der Waals surface area (Å²) in [7, 11) is 0. The van der Waals surface area contributed by atoms with Gasteiger partial charge in [-0.05, 0) is 47.5 Å². The summed E-state index contributed by atoms with van der Waals surface area (Å²) in [6.45, 7) is 3.68. The molecule has 0 amide bonds. The average molecular weight is 325 g/mol. The fourth-order valence-electron chi connectivity index (χ4n) is 1.91. The predicted octanol–water partition coefficient (Wildman–Crippen LogP) is 4.58. The Morgan fingerprint density at radius 3 is 2.32 bits per heavy atom. The zero-order valence-electron chi connectivity index (χ0n) is 10.4. The van der Waals surface area contributed by atoms with Gasteiger partial charge in [-0.2, -0.15) is 0 Å². The van der Waals surface area contributed by atoms with Gasteiger partial charge in [0.2, 0.25) is 0 Å². The van der Waals surface area contributed by atoms with Crippen LogP contribution in [0, 0.1) is 25.5 Å². The van der Waals surface area contributed by atoms with Crippen LogP contribution in [-0.2, 0) is 0 Å². The summed E-state index contributed by atoms with van der Waals surface area (Å²) in [5, 5.41) is 0. The van der Waals surface area contributed by atoms with Gasteiger partial charge in [0.05, 0.1) is 10.0 Å². The molecule has 0 spiro atoms. The zero-order valence-corrected chi connectivity index (χ0v) is 12.0. The van der Waals surface area contributed by atoms with Crippen LogP contribution in [0.2, 0.25) is 0 Å². The molecule has 0 aliphatic heterocycles. The second-order valence-corrected chi connectivity index (χ2v) is 5.25. The quantitative estimate of drug-likeness (QED) is 0.584. The lowest BCUT2D eigenvalue weighted by atomic mass is 9.97. The molecular formula is C15H11BrF2O. The van der Waals surface area contributed by atoms with Crippen LogP contribution in [0.1, 0.15) is 27.0 Å². The van der Waals surface area contributed by atoms with E-state index in [-0.39, 0.29) is 10.0 Å². The largest absolute Gasteiger partial charge is 0.288 e. The first-order chi connectivity index (χ1) is 8.90. The Balaban J connectivity index is 2.53. The maximum atomic E-state index is 13.8. The molecule has 4 heteroatoms. The maximum absolute atomic E-state index is 13.8. The molecule has 0 heterocycles. The molecule has 0 fully saturated rings. The number of carbonyl (C=O) groups excluding carboxylic acids is 1. The lowest BCUT2D eigenvalue weighted by Gasteiger charge is -2.08. The minimum absolute atomic E-state index is 0.00202. The van der Waals surface area contributed by atoms with Crippen molar-refractivity contribution in [1.29, 1.82) is 0 Å². The molecule has 1 nitrogen and oxygen atoms in total. The van der Waals surface area contributed by atoms with E-state index < -0.39 is 17.4 Å². The summed E-state index contributed by atoms with van der Waals surface area (Å²) in [5.74, 6) is -1.91. The van der Waals surface area contributed by atoms with E-state index in [0.717, 1.165) is 23.3 Å². The Hall–Kier alpha value is -1.55. The monoisotopic (exact) mass is 324 g/mol. The van der Waals surface area contributed by atoms with Crippen LogP contribution in [0.25, 0.3) is 0 Å². The topological polar surface area (TPSA) is 17.1 Å². The first kappa shape index (κ1) is 13.9. The molecule has 0 atom stereocenters. The van der Waals surface area contributed by atoms with E-state index in [2.05, 4.69) is 15.9 Å². The first-order valence-electron chi connectivity index (χ1n) is 5.66. The number of ketones is 1. The molecule has 0 saturated carbocycles. The highest BCUT2D eigenvalue weighted by Gasteiger charge is 2.18. The number of hydrogen-bond acceptors (Lipinski definition) is 1. The van der Waals surface area contributed by atoms with Crippen LogP contribution in [-0.4, -0.2) is 5.78 Å². The van der Waals surface area contributed by atoms with Gasteiger partial charge in [0.15, 0.2) is 5.78 Å². The number of rotatable bonds is 2. The Morgan fingerprint density at radius 1 is 1.00 bits per heavy atom. The molecule has 0 saturated heterocycles. The maximum Gasteiger partial charge on any atom is 0.196 e. The summed E-state index contributed by atoms with van der Waals surface area (Å²) in [6, 6.07) is 7.12. The number of hydrogen-bond donors (Lipinski definition) is 0. The molecule has 98 valence electrons. The van der Waals surface area contributed by atoms with Crippen LogP contribution in [0.15, 0.2) is 34.8 Å². The minimum Gasteiger partial charge on any atom is -0.288 e. The molecule has 0 N–H and O–H groups in total. The van der Waals surface area contributed by atoms with Gasteiger partial charge < -0.3 is 0 Å². The molecule has 19 heavy (non-hydrogen) atoms. The van der Waals surface area contributed by atoms with E-state index in [1.54, 1.807) is 19.1 Å². The van der Waals surface area contributed by atoms with E-state index in [1.165, 1.54) is 0 Å². The Kier molecular flexibility index (Phi) is 3.80. The molecule has 0 bridgehead atoms. The Morgan fingerprint density at radius 2 is 1.68 bits per heavy atom. The number of benzene rings is 2. The molecule has 0 aromatic heterocycles. The summed E-state index contributed by atoms with van der Waals surface area (Å²) in [5.41, 5.74) is 1.88. The second-order valence-electron chi connectivity index (χ2n) is 4.39. The van der Waals surface area contributed by atoms with E-state index in [1.807, 2.05) is 13.0 Å². The lowest BCUT2D eigenvalue weighted by molar-refractivity contribution is 0.103. The molecule has 2 aromatic carbocycles. The van der Waals surface area contributed by atoms with Gasteiger partial charge in [-0.25, -0.2) is 8.78 Å². The number of carbonyl (C=O) groups is 1. The first-order valence-corrected chi connectivity index (χ1v) is 6.46. The van der Waals surface area contributed by atoms with Crippen molar-refractivity contribution in [2.45, 2.75) is 13.8 Å². The average Bonchev–Trinajstić information content (AvgIpc) is 2.33. The van der Waals surface area contributed by atoms with E-state index >= 15 is 0 Å². The smallest absolute Gasteiger partial charge is 0.196 e. The van der Waals surface area contributed by atoms with Gasteiger partial charge in [-0.15, -0.1) is 0 Å². The lowest BCUT2D eigenvalue weighted by Crippen LogP contribution is -2.07. The second kappa shape index (κ2) is 5.21. The normalized spacial score (nSPS) is 10.6. The minimum atomic E-state index is -0.738. The SMILES string of the molecule is Cc1ccc(C(=O)c2cc(F)c(Br)cc2F)c(C)c1. The highest BCUT2D eigenvalue weighted by atomic mass is 79.9.